The number of sulfonamides is 1. The Balaban J connectivity index is 0.00000384. The second-order valence-electron chi connectivity index (χ2n) is 11.0. The van der Waals surface area contributed by atoms with E-state index < -0.39 is 33.4 Å². The van der Waals surface area contributed by atoms with Gasteiger partial charge in [0.1, 0.15) is 11.6 Å². The Kier molecular flexibility index (Phi) is 9.19. The van der Waals surface area contributed by atoms with Gasteiger partial charge in [-0.15, -0.1) is 12.4 Å². The monoisotopic (exact) mass is 648 g/mol. The van der Waals surface area contributed by atoms with Crippen LogP contribution in [0.3, 0.4) is 0 Å². The zero-order valence-electron chi connectivity index (χ0n) is 23.8. The van der Waals surface area contributed by atoms with Gasteiger partial charge in [-0.2, -0.15) is 0 Å². The Labute approximate surface area is 259 Å². The molecular weight excluding hydrogens is 617 g/mol. The number of aromatic nitrogens is 3. The topological polar surface area (TPSA) is 118 Å². The molecule has 1 aliphatic heterocycles. The second kappa shape index (κ2) is 12.7. The number of piperidine rings is 1. The summed E-state index contributed by atoms with van der Waals surface area (Å²) in [5.74, 6) is -4.92. The summed E-state index contributed by atoms with van der Waals surface area (Å²) in [6.45, 7) is 3.61. The maximum atomic E-state index is 15.0. The highest BCUT2D eigenvalue weighted by Gasteiger charge is 2.50. The van der Waals surface area contributed by atoms with Crippen molar-refractivity contribution in [2.45, 2.75) is 44.6 Å². The standard InChI is InChI=1S/C30H31F3N6O3S.ClH/c1-18-6-7-21-22(8-9-24(31)26(21)39-43(40,41)17-19-10-12-30(19,32)33)27(18)42-28-23(5-3-14-35-28)25-11-15-36-29(38-25)37-20-4-2-13-34-16-20;/h3,5-9,11,14-15,19-20,34,39H,2,4,10,12-13,16-17H2,1H3,(H,36,37,38);1H/t19-,20-;/m0./s1. The van der Waals surface area contributed by atoms with Crippen molar-refractivity contribution in [1.29, 1.82) is 0 Å². The Bertz CT molecular complexity index is 1770. The average Bonchev–Trinajstić information content (AvgIpc) is 2.99. The van der Waals surface area contributed by atoms with Gasteiger partial charge < -0.3 is 15.4 Å². The van der Waals surface area contributed by atoms with E-state index in [9.17, 15) is 17.2 Å². The van der Waals surface area contributed by atoms with E-state index in [0.29, 0.717) is 33.9 Å². The van der Waals surface area contributed by atoms with Crippen LogP contribution in [-0.2, 0) is 10.0 Å². The van der Waals surface area contributed by atoms with E-state index in [0.717, 1.165) is 32.0 Å². The molecule has 6 rings (SSSR count). The number of alkyl halides is 2. The molecule has 44 heavy (non-hydrogen) atoms. The van der Waals surface area contributed by atoms with Crippen molar-refractivity contribution in [1.82, 2.24) is 20.3 Å². The van der Waals surface area contributed by atoms with Crippen LogP contribution >= 0.6 is 12.4 Å². The highest BCUT2D eigenvalue weighted by Crippen LogP contribution is 2.45. The van der Waals surface area contributed by atoms with E-state index >= 15 is 4.39 Å². The number of hydrogen-bond acceptors (Lipinski definition) is 8. The summed E-state index contributed by atoms with van der Waals surface area (Å²) in [6, 6.07) is 11.4. The first-order valence-electron chi connectivity index (χ1n) is 14.1. The third-order valence-electron chi connectivity index (χ3n) is 7.93. The van der Waals surface area contributed by atoms with E-state index in [-0.39, 0.29) is 48.2 Å². The lowest BCUT2D eigenvalue weighted by molar-refractivity contribution is -0.122. The molecule has 0 unspecified atom stereocenters. The lowest BCUT2D eigenvalue weighted by Gasteiger charge is -2.35. The van der Waals surface area contributed by atoms with Crippen LogP contribution in [0.25, 0.3) is 22.0 Å². The molecule has 0 radical (unpaired) electrons. The van der Waals surface area contributed by atoms with Gasteiger partial charge in [0.2, 0.25) is 21.9 Å². The summed E-state index contributed by atoms with van der Waals surface area (Å²) in [5.41, 5.74) is 1.54. The van der Waals surface area contributed by atoms with Crippen LogP contribution in [0.2, 0.25) is 0 Å². The van der Waals surface area contributed by atoms with Crippen molar-refractivity contribution in [2.75, 3.05) is 28.9 Å². The maximum Gasteiger partial charge on any atom is 0.252 e. The Morgan fingerprint density at radius 1 is 1.07 bits per heavy atom. The molecule has 2 aliphatic rings. The third kappa shape index (κ3) is 6.69. The molecule has 1 aliphatic carbocycles. The number of pyridine rings is 1. The molecule has 234 valence electrons. The third-order valence-corrected chi connectivity index (χ3v) is 9.29. The minimum atomic E-state index is -4.27. The van der Waals surface area contributed by atoms with Crippen LogP contribution in [-0.4, -0.2) is 54.2 Å². The van der Waals surface area contributed by atoms with Crippen molar-refractivity contribution in [2.24, 2.45) is 5.92 Å². The molecule has 0 amide bonds. The van der Waals surface area contributed by atoms with E-state index in [1.165, 1.54) is 6.07 Å². The Morgan fingerprint density at radius 2 is 1.89 bits per heavy atom. The van der Waals surface area contributed by atoms with Crippen LogP contribution in [0.1, 0.15) is 31.2 Å². The Hall–Kier alpha value is -3.68. The predicted molar refractivity (Wildman–Crippen MR) is 166 cm³/mol. The fourth-order valence-corrected chi connectivity index (χ4v) is 6.98. The fraction of sp³-hybridized carbons (Fsp3) is 0.367. The van der Waals surface area contributed by atoms with Gasteiger partial charge >= 0.3 is 0 Å². The van der Waals surface area contributed by atoms with Crippen LogP contribution in [0.4, 0.5) is 24.8 Å². The first-order chi connectivity index (χ1) is 20.6. The number of anilines is 2. The van der Waals surface area contributed by atoms with Crippen molar-refractivity contribution in [3.05, 3.63) is 66.2 Å². The van der Waals surface area contributed by atoms with Gasteiger partial charge in [0.15, 0.2) is 0 Å². The molecule has 3 heterocycles. The number of hydrogen-bond donors (Lipinski definition) is 3. The predicted octanol–water partition coefficient (Wildman–Crippen LogP) is 6.30. The number of nitrogens with zero attached hydrogens (tertiary/aromatic N) is 3. The zero-order chi connectivity index (χ0) is 30.2. The van der Waals surface area contributed by atoms with Gasteiger partial charge in [-0.25, -0.2) is 36.5 Å². The Morgan fingerprint density at radius 3 is 2.61 bits per heavy atom. The van der Waals surface area contributed by atoms with E-state index in [1.54, 1.807) is 43.6 Å². The molecule has 3 N–H and O–H groups in total. The lowest BCUT2D eigenvalue weighted by Crippen LogP contribution is -2.43. The summed E-state index contributed by atoms with van der Waals surface area (Å²) in [7, 11) is -4.27. The normalized spacial score (nSPS) is 19.5. The van der Waals surface area contributed by atoms with Gasteiger partial charge in [-0.3, -0.25) is 4.72 Å². The smallest absolute Gasteiger partial charge is 0.252 e. The number of fused-ring (bicyclic) bond motifs is 1. The first-order valence-corrected chi connectivity index (χ1v) is 15.8. The molecule has 14 heteroatoms. The fourth-order valence-electron chi connectivity index (χ4n) is 5.43. The SMILES string of the molecule is Cc1ccc2c(NS(=O)(=O)C[C@@H]3CCC3(F)F)c(F)ccc2c1Oc1ncccc1-c1ccnc(N[C@H]2CCCNC2)n1.Cl. The molecule has 1 saturated heterocycles. The van der Waals surface area contributed by atoms with Crippen molar-refractivity contribution < 1.29 is 26.3 Å². The van der Waals surface area contributed by atoms with Gasteiger partial charge in [0.05, 0.1) is 22.7 Å². The molecule has 9 nitrogen and oxygen atoms in total. The zero-order valence-corrected chi connectivity index (χ0v) is 25.5. The van der Waals surface area contributed by atoms with E-state index in [4.69, 9.17) is 4.74 Å². The molecule has 2 aromatic heterocycles. The summed E-state index contributed by atoms with van der Waals surface area (Å²) >= 11 is 0. The number of nitrogens with one attached hydrogen (secondary N) is 3. The number of halogens is 4. The number of aryl methyl sites for hydroxylation is 1. The second-order valence-corrected chi connectivity index (χ2v) is 12.8. The maximum absolute atomic E-state index is 15.0. The van der Waals surface area contributed by atoms with Gasteiger partial charge in [-0.05, 0) is 68.6 Å². The highest BCUT2D eigenvalue weighted by atomic mass is 35.5. The summed E-state index contributed by atoms with van der Waals surface area (Å²) in [5, 5.41) is 7.36. The molecule has 1 saturated carbocycles. The molecule has 0 spiro atoms. The average molecular weight is 649 g/mol. The molecular formula is C30H32ClF3N6O3S. The molecule has 0 bridgehead atoms. The van der Waals surface area contributed by atoms with Crippen LogP contribution in [0, 0.1) is 18.7 Å². The van der Waals surface area contributed by atoms with Crippen LogP contribution in [0.5, 0.6) is 11.6 Å². The number of benzene rings is 2. The van der Waals surface area contributed by atoms with Gasteiger partial charge in [0.25, 0.3) is 5.92 Å². The number of rotatable bonds is 9. The van der Waals surface area contributed by atoms with Crippen molar-refractivity contribution in [3.8, 4) is 22.9 Å². The van der Waals surface area contributed by atoms with Crippen LogP contribution in [0.15, 0.2) is 54.9 Å². The first kappa shape index (κ1) is 31.7. The molecule has 2 atom stereocenters. The molecule has 2 fully saturated rings. The van der Waals surface area contributed by atoms with Gasteiger partial charge in [-0.1, -0.05) is 12.1 Å². The lowest BCUT2D eigenvalue weighted by atomic mass is 9.82. The largest absolute Gasteiger partial charge is 0.437 e. The minimum absolute atomic E-state index is 0. The summed E-state index contributed by atoms with van der Waals surface area (Å²) in [6.07, 6.45) is 5.04. The summed E-state index contributed by atoms with van der Waals surface area (Å²) in [4.78, 5) is 13.5. The van der Waals surface area contributed by atoms with Crippen molar-refractivity contribution in [3.63, 3.8) is 0 Å². The quantitative estimate of drug-likeness (QED) is 0.193. The van der Waals surface area contributed by atoms with E-state index in [1.807, 2.05) is 6.07 Å². The molecule has 2 aromatic carbocycles. The van der Waals surface area contributed by atoms with E-state index in [2.05, 4.69) is 30.3 Å². The van der Waals surface area contributed by atoms with Gasteiger partial charge in [0, 0.05) is 48.1 Å². The van der Waals surface area contributed by atoms with Crippen LogP contribution < -0.4 is 20.1 Å². The minimum Gasteiger partial charge on any atom is -0.437 e. The molecule has 4 aromatic rings. The van der Waals surface area contributed by atoms with Crippen molar-refractivity contribution >= 4 is 44.8 Å². The number of ether oxygens (including phenoxy) is 1. The summed E-state index contributed by atoms with van der Waals surface area (Å²) < 4.78 is 76.8. The highest BCUT2D eigenvalue weighted by molar-refractivity contribution is 7.92.